The highest BCUT2D eigenvalue weighted by molar-refractivity contribution is 5.74. The number of allylic oxidation sites excluding steroid dienone is 1. The highest BCUT2D eigenvalue weighted by Gasteiger charge is 2.17. The molecule has 0 saturated carbocycles. The molecule has 0 saturated heterocycles. The lowest BCUT2D eigenvalue weighted by molar-refractivity contribution is 0.346. The third kappa shape index (κ3) is 0.625. The van der Waals surface area contributed by atoms with E-state index in [-0.39, 0.29) is 0 Å². The summed E-state index contributed by atoms with van der Waals surface area (Å²) in [5.74, 6) is 1.58. The molecule has 3 N–H and O–H groups in total. The van der Waals surface area contributed by atoms with Crippen molar-refractivity contribution in [3.8, 4) is 0 Å². The Morgan fingerprint density at radius 1 is 1.70 bits per heavy atom. The lowest BCUT2D eigenvalue weighted by Gasteiger charge is -2.21. The molecule has 2 aliphatic rings. The number of nitrogens with zero attached hydrogens (tertiary/aromatic N) is 2. The average molecular weight is 136 g/mol. The summed E-state index contributed by atoms with van der Waals surface area (Å²) in [6.07, 6.45) is 5.44. The van der Waals surface area contributed by atoms with Gasteiger partial charge in [-0.1, -0.05) is 0 Å². The summed E-state index contributed by atoms with van der Waals surface area (Å²) in [5, 5.41) is 1.76. The Kier molecular flexibility index (Phi) is 1.01. The summed E-state index contributed by atoms with van der Waals surface area (Å²) in [7, 11) is 0. The fraction of sp³-hybridized carbons (Fsp3) is 0.167. The van der Waals surface area contributed by atoms with Crippen molar-refractivity contribution in [2.45, 2.75) is 0 Å². The number of hydrogen-bond donors (Lipinski definition) is 2. The van der Waals surface area contributed by atoms with Crippen LogP contribution in [0, 0.1) is 0 Å². The van der Waals surface area contributed by atoms with Gasteiger partial charge in [0.05, 0.1) is 0 Å². The van der Waals surface area contributed by atoms with Gasteiger partial charge in [-0.25, -0.2) is 15.4 Å². The SMILES string of the molecule is NC1=CC=NC2=CCNN12. The normalized spacial score (nSPS) is 22.2. The molecule has 0 aromatic heterocycles. The topological polar surface area (TPSA) is 53.6 Å². The first kappa shape index (κ1) is 5.49. The molecule has 52 valence electrons. The van der Waals surface area contributed by atoms with E-state index in [1.54, 1.807) is 17.3 Å². The van der Waals surface area contributed by atoms with Crippen LogP contribution >= 0.6 is 0 Å². The number of hydrogen-bond acceptors (Lipinski definition) is 4. The van der Waals surface area contributed by atoms with E-state index in [1.807, 2.05) is 6.08 Å². The Labute approximate surface area is 58.7 Å². The lowest BCUT2D eigenvalue weighted by Crippen LogP contribution is -2.35. The van der Waals surface area contributed by atoms with Crippen molar-refractivity contribution >= 4 is 6.21 Å². The van der Waals surface area contributed by atoms with E-state index in [1.165, 1.54) is 0 Å². The zero-order valence-electron chi connectivity index (χ0n) is 5.41. The van der Waals surface area contributed by atoms with Crippen molar-refractivity contribution in [3.05, 3.63) is 23.8 Å². The lowest BCUT2D eigenvalue weighted by atomic mass is 10.5. The number of aliphatic imine (C=N–C) groups is 1. The van der Waals surface area contributed by atoms with Gasteiger partial charge in [-0.3, -0.25) is 0 Å². The van der Waals surface area contributed by atoms with Gasteiger partial charge in [-0.15, -0.1) is 0 Å². The van der Waals surface area contributed by atoms with Gasteiger partial charge in [0, 0.05) is 12.8 Å². The zero-order valence-corrected chi connectivity index (χ0v) is 5.41. The van der Waals surface area contributed by atoms with E-state index in [9.17, 15) is 0 Å². The second-order valence-corrected chi connectivity index (χ2v) is 2.13. The summed E-state index contributed by atoms with van der Waals surface area (Å²) >= 11 is 0. The molecule has 2 aliphatic heterocycles. The molecule has 0 amide bonds. The first-order valence-electron chi connectivity index (χ1n) is 3.11. The van der Waals surface area contributed by atoms with E-state index in [0.29, 0.717) is 5.82 Å². The fourth-order valence-electron chi connectivity index (χ4n) is 0.999. The maximum atomic E-state index is 5.61. The number of nitrogens with two attached hydrogens (primary N) is 1. The molecule has 0 spiro atoms. The Bertz CT molecular complexity index is 238. The van der Waals surface area contributed by atoms with Gasteiger partial charge in [0.1, 0.15) is 11.6 Å². The van der Waals surface area contributed by atoms with E-state index in [0.717, 1.165) is 12.4 Å². The van der Waals surface area contributed by atoms with Crippen LogP contribution in [0.3, 0.4) is 0 Å². The zero-order chi connectivity index (χ0) is 6.97. The number of fused-ring (bicyclic) bond motifs is 1. The summed E-state index contributed by atoms with van der Waals surface area (Å²) in [6, 6.07) is 0. The molecule has 0 atom stereocenters. The molecule has 2 rings (SSSR count). The number of nitrogens with one attached hydrogen (secondary N) is 1. The molecule has 2 heterocycles. The molecular weight excluding hydrogens is 128 g/mol. The van der Waals surface area contributed by atoms with Gasteiger partial charge in [0.15, 0.2) is 0 Å². The highest BCUT2D eigenvalue weighted by Crippen LogP contribution is 2.14. The molecule has 4 heteroatoms. The molecule has 0 fully saturated rings. The van der Waals surface area contributed by atoms with Gasteiger partial charge >= 0.3 is 0 Å². The van der Waals surface area contributed by atoms with Crippen molar-refractivity contribution in [1.29, 1.82) is 0 Å². The van der Waals surface area contributed by atoms with Crippen LogP contribution in [0.1, 0.15) is 0 Å². The molecule has 0 unspecified atom stereocenters. The van der Waals surface area contributed by atoms with Crippen LogP contribution in [0.5, 0.6) is 0 Å². The minimum atomic E-state index is 0.693. The van der Waals surface area contributed by atoms with Crippen LogP contribution in [-0.4, -0.2) is 17.8 Å². The van der Waals surface area contributed by atoms with E-state index < -0.39 is 0 Å². The minimum absolute atomic E-state index is 0.693. The molecule has 0 aromatic carbocycles. The summed E-state index contributed by atoms with van der Waals surface area (Å²) in [4.78, 5) is 4.08. The average Bonchev–Trinajstić information content (AvgIpc) is 2.36. The number of hydrazine groups is 1. The van der Waals surface area contributed by atoms with Gasteiger partial charge < -0.3 is 5.73 Å². The van der Waals surface area contributed by atoms with E-state index in [2.05, 4.69) is 10.4 Å². The Balaban J connectivity index is 2.36. The molecule has 0 aromatic rings. The maximum absolute atomic E-state index is 5.61. The minimum Gasteiger partial charge on any atom is -0.384 e. The largest absolute Gasteiger partial charge is 0.384 e. The van der Waals surface area contributed by atoms with Crippen LogP contribution in [0.15, 0.2) is 28.8 Å². The van der Waals surface area contributed by atoms with E-state index in [4.69, 9.17) is 5.73 Å². The molecule has 0 radical (unpaired) electrons. The molecular formula is C6H8N4. The summed E-state index contributed by atoms with van der Waals surface area (Å²) in [6.45, 7) is 0.807. The molecule has 0 aliphatic carbocycles. The predicted octanol–water partition coefficient (Wildman–Crippen LogP) is -0.467. The molecule has 0 bridgehead atoms. The molecule has 4 nitrogen and oxygen atoms in total. The van der Waals surface area contributed by atoms with Crippen LogP contribution in [0.25, 0.3) is 0 Å². The van der Waals surface area contributed by atoms with Gasteiger partial charge in [0.2, 0.25) is 0 Å². The fourth-order valence-corrected chi connectivity index (χ4v) is 0.999. The van der Waals surface area contributed by atoms with Crippen molar-refractivity contribution in [2.24, 2.45) is 10.7 Å². The highest BCUT2D eigenvalue weighted by atomic mass is 15.6. The third-order valence-corrected chi connectivity index (χ3v) is 1.47. The van der Waals surface area contributed by atoms with Crippen molar-refractivity contribution < 1.29 is 0 Å². The Morgan fingerprint density at radius 2 is 2.60 bits per heavy atom. The van der Waals surface area contributed by atoms with Crippen LogP contribution in [-0.2, 0) is 0 Å². The number of rotatable bonds is 0. The smallest absolute Gasteiger partial charge is 0.145 e. The quantitative estimate of drug-likeness (QED) is 0.473. The van der Waals surface area contributed by atoms with Crippen molar-refractivity contribution in [1.82, 2.24) is 10.4 Å². The molecule has 10 heavy (non-hydrogen) atoms. The second-order valence-electron chi connectivity index (χ2n) is 2.13. The first-order chi connectivity index (χ1) is 4.88. The Morgan fingerprint density at radius 3 is 3.40 bits per heavy atom. The monoisotopic (exact) mass is 136 g/mol. The predicted molar refractivity (Wildman–Crippen MR) is 38.7 cm³/mol. The van der Waals surface area contributed by atoms with Crippen LogP contribution < -0.4 is 11.2 Å². The van der Waals surface area contributed by atoms with Gasteiger partial charge in [-0.05, 0) is 12.2 Å². The van der Waals surface area contributed by atoms with Gasteiger partial charge in [0.25, 0.3) is 0 Å². The summed E-state index contributed by atoms with van der Waals surface area (Å²) < 4.78 is 0. The third-order valence-electron chi connectivity index (χ3n) is 1.47. The Hall–Kier alpha value is -1.29. The second kappa shape index (κ2) is 1.85. The van der Waals surface area contributed by atoms with Crippen LogP contribution in [0.4, 0.5) is 0 Å². The standard InChI is InChI=1S/C6H8N4/c7-5-1-3-8-6-2-4-9-10(5)6/h1-3,9H,4,7H2. The van der Waals surface area contributed by atoms with Crippen molar-refractivity contribution in [3.63, 3.8) is 0 Å². The maximum Gasteiger partial charge on any atom is 0.145 e. The van der Waals surface area contributed by atoms with Gasteiger partial charge in [-0.2, -0.15) is 0 Å². The van der Waals surface area contributed by atoms with E-state index >= 15 is 0 Å². The van der Waals surface area contributed by atoms with Crippen molar-refractivity contribution in [2.75, 3.05) is 6.54 Å². The van der Waals surface area contributed by atoms with Crippen LogP contribution in [0.2, 0.25) is 0 Å². The first-order valence-corrected chi connectivity index (χ1v) is 3.11. The summed E-state index contributed by atoms with van der Waals surface area (Å²) in [5.41, 5.74) is 8.65.